The van der Waals surface area contributed by atoms with E-state index in [9.17, 15) is 19.8 Å². The van der Waals surface area contributed by atoms with Gasteiger partial charge in [0.05, 0.1) is 12.5 Å². The zero-order chi connectivity index (χ0) is 24.6. The maximum absolute atomic E-state index is 11.2. The predicted octanol–water partition coefficient (Wildman–Crippen LogP) is 5.85. The molecule has 2 atom stereocenters. The topological polar surface area (TPSA) is 115 Å². The molecule has 0 aliphatic carbocycles. The molecule has 0 spiro atoms. The van der Waals surface area contributed by atoms with Crippen LogP contribution in [0.1, 0.15) is 50.5 Å². The third kappa shape index (κ3) is 8.47. The number of rotatable bonds is 13. The van der Waals surface area contributed by atoms with Crippen LogP contribution >= 0.6 is 34.8 Å². The molecule has 0 aliphatic heterocycles. The standard InChI is InChI=1S/C24H27Cl3O6/c25-16-8-7-15(20(11-16)19-10-9-17(26)12-21(19)27)5-3-1-2-4-6-18(28)13-24(33,23(31)32)14-22(29)30/h7-12,18,28,33H,1-6,13-14H2,(H,29,30)(H,31,32)/t18-,24+/m1/s1. The van der Waals surface area contributed by atoms with E-state index in [-0.39, 0.29) is 6.42 Å². The lowest BCUT2D eigenvalue weighted by molar-refractivity contribution is -0.168. The Morgan fingerprint density at radius 2 is 1.52 bits per heavy atom. The number of aryl methyl sites for hydroxylation is 1. The number of carboxylic acid groups (broad SMARTS) is 2. The first-order valence-electron chi connectivity index (χ1n) is 10.6. The number of hydrogen-bond acceptors (Lipinski definition) is 4. The Balaban J connectivity index is 1.85. The van der Waals surface area contributed by atoms with Crippen molar-refractivity contribution in [2.45, 2.75) is 63.1 Å². The number of benzene rings is 2. The molecular weight excluding hydrogens is 491 g/mol. The lowest BCUT2D eigenvalue weighted by Crippen LogP contribution is -2.43. The van der Waals surface area contributed by atoms with Crippen LogP contribution in [0.3, 0.4) is 0 Å². The third-order valence-electron chi connectivity index (χ3n) is 5.44. The molecule has 4 N–H and O–H groups in total. The van der Waals surface area contributed by atoms with Crippen molar-refractivity contribution in [3.8, 4) is 11.1 Å². The van der Waals surface area contributed by atoms with Gasteiger partial charge < -0.3 is 20.4 Å². The van der Waals surface area contributed by atoms with Gasteiger partial charge in [0.15, 0.2) is 5.60 Å². The smallest absolute Gasteiger partial charge is 0.336 e. The van der Waals surface area contributed by atoms with E-state index in [2.05, 4.69) is 0 Å². The van der Waals surface area contributed by atoms with Crippen LogP contribution < -0.4 is 0 Å². The number of halogens is 3. The molecule has 2 aromatic rings. The van der Waals surface area contributed by atoms with Crippen molar-refractivity contribution in [3.63, 3.8) is 0 Å². The summed E-state index contributed by atoms with van der Waals surface area (Å²) in [5.41, 5.74) is 0.433. The van der Waals surface area contributed by atoms with Crippen molar-refractivity contribution in [1.29, 1.82) is 0 Å². The molecule has 9 heteroatoms. The fourth-order valence-corrected chi connectivity index (χ4v) is 4.43. The van der Waals surface area contributed by atoms with E-state index in [0.717, 1.165) is 42.4 Å². The molecule has 0 unspecified atom stereocenters. The van der Waals surface area contributed by atoms with Crippen LogP contribution in [0.4, 0.5) is 0 Å². The first-order chi connectivity index (χ1) is 15.5. The normalized spacial score (nSPS) is 14.0. The van der Waals surface area contributed by atoms with E-state index in [4.69, 9.17) is 45.0 Å². The van der Waals surface area contributed by atoms with Crippen LogP contribution in [0.15, 0.2) is 36.4 Å². The van der Waals surface area contributed by atoms with Crippen molar-refractivity contribution < 1.29 is 30.0 Å². The van der Waals surface area contributed by atoms with Gasteiger partial charge in [0.1, 0.15) is 0 Å². The number of aliphatic hydroxyl groups is 2. The van der Waals surface area contributed by atoms with Crippen molar-refractivity contribution in [1.82, 2.24) is 0 Å². The van der Waals surface area contributed by atoms with Crippen LogP contribution in [0.5, 0.6) is 0 Å². The van der Waals surface area contributed by atoms with Gasteiger partial charge in [0.25, 0.3) is 0 Å². The highest BCUT2D eigenvalue weighted by Gasteiger charge is 2.40. The van der Waals surface area contributed by atoms with Crippen LogP contribution in [0, 0.1) is 0 Å². The summed E-state index contributed by atoms with van der Waals surface area (Å²) in [6.45, 7) is 0. The number of hydrogen-bond donors (Lipinski definition) is 4. The Morgan fingerprint density at radius 1 is 0.879 bits per heavy atom. The second-order valence-electron chi connectivity index (χ2n) is 8.14. The van der Waals surface area contributed by atoms with Gasteiger partial charge in [-0.05, 0) is 54.7 Å². The minimum Gasteiger partial charge on any atom is -0.481 e. The summed E-state index contributed by atoms with van der Waals surface area (Å²) in [6, 6.07) is 11.0. The summed E-state index contributed by atoms with van der Waals surface area (Å²) in [7, 11) is 0. The second-order valence-corrected chi connectivity index (χ2v) is 9.42. The maximum Gasteiger partial charge on any atom is 0.336 e. The quantitative estimate of drug-likeness (QED) is 0.248. The van der Waals surface area contributed by atoms with E-state index in [1.54, 1.807) is 12.1 Å². The van der Waals surface area contributed by atoms with Crippen LogP contribution in [0.25, 0.3) is 11.1 Å². The Labute approximate surface area is 207 Å². The first-order valence-corrected chi connectivity index (χ1v) is 11.7. The van der Waals surface area contributed by atoms with Gasteiger partial charge in [0, 0.05) is 27.1 Å². The molecule has 0 saturated carbocycles. The fraction of sp³-hybridized carbons (Fsp3) is 0.417. The van der Waals surface area contributed by atoms with Crippen molar-refractivity contribution in [2.24, 2.45) is 0 Å². The van der Waals surface area contributed by atoms with Gasteiger partial charge in [-0.1, -0.05) is 66.2 Å². The van der Waals surface area contributed by atoms with Gasteiger partial charge >= 0.3 is 11.9 Å². The summed E-state index contributed by atoms with van der Waals surface area (Å²) < 4.78 is 0. The van der Waals surface area contributed by atoms with E-state index < -0.39 is 36.5 Å². The average Bonchev–Trinajstić information content (AvgIpc) is 2.70. The fourth-order valence-electron chi connectivity index (χ4n) is 3.75. The molecule has 0 heterocycles. The Hall–Kier alpha value is -1.83. The van der Waals surface area contributed by atoms with Gasteiger partial charge in [-0.2, -0.15) is 0 Å². The molecule has 0 aliphatic rings. The number of carboxylic acids is 2. The molecule has 180 valence electrons. The minimum absolute atomic E-state index is 0.280. The number of unbranched alkanes of at least 4 members (excludes halogenated alkanes) is 3. The summed E-state index contributed by atoms with van der Waals surface area (Å²) in [6.07, 6.45) is 1.68. The highest BCUT2D eigenvalue weighted by molar-refractivity contribution is 6.36. The zero-order valence-electron chi connectivity index (χ0n) is 17.9. The molecule has 0 saturated heterocycles. The van der Waals surface area contributed by atoms with E-state index >= 15 is 0 Å². The maximum atomic E-state index is 11.2. The lowest BCUT2D eigenvalue weighted by atomic mass is 9.90. The van der Waals surface area contributed by atoms with Gasteiger partial charge in [-0.25, -0.2) is 4.79 Å². The molecule has 33 heavy (non-hydrogen) atoms. The van der Waals surface area contributed by atoms with Crippen LogP contribution in [0.2, 0.25) is 15.1 Å². The Kier molecular flexibility index (Phi) is 10.5. The summed E-state index contributed by atoms with van der Waals surface area (Å²) in [5.74, 6) is -3.09. The van der Waals surface area contributed by atoms with E-state index in [1.807, 2.05) is 24.3 Å². The molecule has 6 nitrogen and oxygen atoms in total. The van der Waals surface area contributed by atoms with Crippen molar-refractivity contribution >= 4 is 46.7 Å². The molecule has 0 fully saturated rings. The van der Waals surface area contributed by atoms with Gasteiger partial charge in [0.2, 0.25) is 0 Å². The van der Waals surface area contributed by atoms with Crippen LogP contribution in [-0.2, 0) is 16.0 Å². The van der Waals surface area contributed by atoms with Gasteiger partial charge in [-0.3, -0.25) is 4.79 Å². The van der Waals surface area contributed by atoms with Gasteiger partial charge in [-0.15, -0.1) is 0 Å². The molecule has 0 radical (unpaired) electrons. The predicted molar refractivity (Wildman–Crippen MR) is 129 cm³/mol. The summed E-state index contributed by atoms with van der Waals surface area (Å²) in [4.78, 5) is 22.0. The van der Waals surface area contributed by atoms with E-state index in [0.29, 0.717) is 21.5 Å². The minimum atomic E-state index is -2.47. The SMILES string of the molecule is O=C(O)C[C@@](O)(C[C@H](O)CCCCCCc1ccc(Cl)cc1-c1ccc(Cl)cc1Cl)C(=O)O. The zero-order valence-corrected chi connectivity index (χ0v) is 20.2. The molecule has 0 amide bonds. The Bertz CT molecular complexity index is 981. The van der Waals surface area contributed by atoms with Crippen molar-refractivity contribution in [3.05, 3.63) is 57.0 Å². The number of carbonyl (C=O) groups is 2. The second kappa shape index (κ2) is 12.6. The molecule has 0 bridgehead atoms. The van der Waals surface area contributed by atoms with Crippen LogP contribution in [-0.4, -0.2) is 44.1 Å². The monoisotopic (exact) mass is 516 g/mol. The molecule has 2 rings (SSSR count). The molecule has 0 aromatic heterocycles. The number of aliphatic hydroxyl groups excluding tert-OH is 1. The van der Waals surface area contributed by atoms with E-state index in [1.165, 1.54) is 0 Å². The summed E-state index contributed by atoms with van der Waals surface area (Å²) >= 11 is 18.6. The third-order valence-corrected chi connectivity index (χ3v) is 6.22. The highest BCUT2D eigenvalue weighted by Crippen LogP contribution is 2.35. The highest BCUT2D eigenvalue weighted by atomic mass is 35.5. The summed E-state index contributed by atoms with van der Waals surface area (Å²) in [5, 5.41) is 39.7. The van der Waals surface area contributed by atoms with Crippen molar-refractivity contribution in [2.75, 3.05) is 0 Å². The number of aliphatic carboxylic acids is 2. The largest absolute Gasteiger partial charge is 0.481 e. The molecule has 2 aromatic carbocycles. The first kappa shape index (κ1) is 27.4. The Morgan fingerprint density at radius 3 is 2.15 bits per heavy atom. The average molecular weight is 518 g/mol. The lowest BCUT2D eigenvalue weighted by Gasteiger charge is -2.24. The molecular formula is C24H27Cl3O6.